The van der Waals surface area contributed by atoms with E-state index in [0.717, 1.165) is 12.8 Å². The van der Waals surface area contributed by atoms with Gasteiger partial charge in [-0.05, 0) is 53.4 Å². The van der Waals surface area contributed by atoms with Crippen LogP contribution in [-0.4, -0.2) is 34.5 Å². The van der Waals surface area contributed by atoms with Crippen molar-refractivity contribution >= 4 is 6.09 Å². The molecule has 0 bridgehead atoms. The third-order valence-electron chi connectivity index (χ3n) is 5.17. The number of carbonyl (C=O) groups is 1. The molecular weight excluding hydrogens is 314 g/mol. The Bertz CT molecular complexity index is 472. The number of ether oxygens (including phenoxy) is 2. The maximum absolute atomic E-state index is 12.9. The van der Waals surface area contributed by atoms with E-state index in [-0.39, 0.29) is 18.2 Å². The predicted octanol–water partition coefficient (Wildman–Crippen LogP) is 5.66. The van der Waals surface area contributed by atoms with Gasteiger partial charge in [0.2, 0.25) is 0 Å². The Hall–Kier alpha value is -1.03. The number of allylic oxidation sites excluding steroid dienone is 1. The lowest BCUT2D eigenvalue weighted by Crippen LogP contribution is -2.50. The van der Waals surface area contributed by atoms with Crippen LogP contribution in [0.4, 0.5) is 4.79 Å². The van der Waals surface area contributed by atoms with E-state index in [2.05, 4.69) is 19.1 Å². The average Bonchev–Trinajstić information content (AvgIpc) is 2.74. The SMILES string of the molecule is CCC=C[C@H]1OC(C)(C)N(C(=O)OC(C)(C)C)[C@H]1CC1CCCCC1. The molecule has 0 spiro atoms. The molecule has 1 amide bonds. The highest BCUT2D eigenvalue weighted by Crippen LogP contribution is 2.39. The first-order valence-electron chi connectivity index (χ1n) is 10.0. The molecule has 4 heteroatoms. The molecule has 0 aromatic carbocycles. The fourth-order valence-electron chi connectivity index (χ4n) is 4.12. The topological polar surface area (TPSA) is 38.8 Å². The summed E-state index contributed by atoms with van der Waals surface area (Å²) in [5.41, 5.74) is -1.15. The van der Waals surface area contributed by atoms with Gasteiger partial charge in [-0.15, -0.1) is 0 Å². The highest BCUT2D eigenvalue weighted by Gasteiger charge is 2.50. The van der Waals surface area contributed by atoms with Crippen molar-refractivity contribution in [3.05, 3.63) is 12.2 Å². The van der Waals surface area contributed by atoms with Crippen molar-refractivity contribution in [2.24, 2.45) is 5.92 Å². The van der Waals surface area contributed by atoms with Crippen molar-refractivity contribution in [1.82, 2.24) is 4.90 Å². The van der Waals surface area contributed by atoms with Crippen molar-refractivity contribution in [1.29, 1.82) is 0 Å². The highest BCUT2D eigenvalue weighted by molar-refractivity contribution is 5.70. The Balaban J connectivity index is 2.23. The van der Waals surface area contributed by atoms with Crippen LogP contribution in [0.2, 0.25) is 0 Å². The van der Waals surface area contributed by atoms with Crippen LogP contribution in [0.5, 0.6) is 0 Å². The minimum Gasteiger partial charge on any atom is -0.444 e. The van der Waals surface area contributed by atoms with Crippen molar-refractivity contribution in [2.45, 2.75) is 110 Å². The van der Waals surface area contributed by atoms with Crippen LogP contribution in [0.3, 0.4) is 0 Å². The van der Waals surface area contributed by atoms with Crippen LogP contribution in [0.1, 0.15) is 86.5 Å². The molecule has 1 saturated heterocycles. The molecule has 2 fully saturated rings. The van der Waals surface area contributed by atoms with Crippen LogP contribution in [0.25, 0.3) is 0 Å². The highest BCUT2D eigenvalue weighted by atomic mass is 16.6. The second-order valence-electron chi connectivity index (χ2n) is 9.02. The van der Waals surface area contributed by atoms with Gasteiger partial charge < -0.3 is 9.47 Å². The molecule has 1 aliphatic heterocycles. The molecule has 0 aromatic heterocycles. The number of carbonyl (C=O) groups excluding carboxylic acids is 1. The Morgan fingerprint density at radius 2 is 1.88 bits per heavy atom. The maximum atomic E-state index is 12.9. The van der Waals surface area contributed by atoms with Gasteiger partial charge in [-0.3, -0.25) is 4.90 Å². The molecule has 1 saturated carbocycles. The van der Waals surface area contributed by atoms with E-state index in [1.165, 1.54) is 32.1 Å². The fourth-order valence-corrected chi connectivity index (χ4v) is 4.12. The van der Waals surface area contributed by atoms with E-state index >= 15 is 0 Å². The first kappa shape index (κ1) is 20.3. The molecule has 0 aromatic rings. The fraction of sp³-hybridized carbons (Fsp3) is 0.857. The molecule has 2 rings (SSSR count). The Kier molecular flexibility index (Phi) is 6.58. The zero-order chi connectivity index (χ0) is 18.7. The average molecular weight is 352 g/mol. The van der Waals surface area contributed by atoms with Crippen molar-refractivity contribution in [3.8, 4) is 0 Å². The van der Waals surface area contributed by atoms with Crippen molar-refractivity contribution in [2.75, 3.05) is 0 Å². The standard InChI is InChI=1S/C21H37NO3/c1-7-8-14-18-17(15-16-12-10-9-11-13-16)22(21(5,6)24-18)19(23)25-20(2,3)4/h8,14,16-18H,7,9-13,15H2,1-6H3/t17-,18+/m0/s1. The smallest absolute Gasteiger partial charge is 0.412 e. The number of amides is 1. The van der Waals surface area contributed by atoms with Gasteiger partial charge in [0.25, 0.3) is 0 Å². The first-order valence-corrected chi connectivity index (χ1v) is 10.0. The lowest BCUT2D eigenvalue weighted by molar-refractivity contribution is -0.0719. The molecule has 1 heterocycles. The molecule has 0 N–H and O–H groups in total. The summed E-state index contributed by atoms with van der Waals surface area (Å²) in [5.74, 6) is 0.679. The van der Waals surface area contributed by atoms with Crippen molar-refractivity contribution < 1.29 is 14.3 Å². The van der Waals surface area contributed by atoms with Gasteiger partial charge in [-0.25, -0.2) is 4.79 Å². The van der Waals surface area contributed by atoms with Gasteiger partial charge in [0, 0.05) is 0 Å². The van der Waals surface area contributed by atoms with E-state index in [1.54, 1.807) is 0 Å². The number of hydrogen-bond acceptors (Lipinski definition) is 3. The monoisotopic (exact) mass is 351 g/mol. The van der Waals surface area contributed by atoms with Gasteiger partial charge in [0.15, 0.2) is 0 Å². The first-order chi connectivity index (χ1) is 11.6. The Morgan fingerprint density at radius 1 is 1.24 bits per heavy atom. The molecular formula is C21H37NO3. The summed E-state index contributed by atoms with van der Waals surface area (Å²) >= 11 is 0. The number of rotatable bonds is 4. The second kappa shape index (κ2) is 8.11. The Labute approximate surface area is 153 Å². The van der Waals surface area contributed by atoms with Crippen LogP contribution < -0.4 is 0 Å². The zero-order valence-electron chi connectivity index (χ0n) is 17.0. The van der Waals surface area contributed by atoms with Crippen LogP contribution in [0, 0.1) is 5.92 Å². The lowest BCUT2D eigenvalue weighted by atomic mass is 9.83. The Morgan fingerprint density at radius 3 is 2.44 bits per heavy atom. The van der Waals surface area contributed by atoms with Gasteiger partial charge in [0.05, 0.1) is 12.1 Å². The van der Waals surface area contributed by atoms with Gasteiger partial charge in [0.1, 0.15) is 11.3 Å². The van der Waals surface area contributed by atoms with E-state index in [4.69, 9.17) is 9.47 Å². The largest absolute Gasteiger partial charge is 0.444 e. The summed E-state index contributed by atoms with van der Waals surface area (Å²) < 4.78 is 12.0. The third-order valence-corrected chi connectivity index (χ3v) is 5.17. The lowest BCUT2D eigenvalue weighted by Gasteiger charge is -2.36. The second-order valence-corrected chi connectivity index (χ2v) is 9.02. The summed E-state index contributed by atoms with van der Waals surface area (Å²) in [6.07, 6.45) is 12.4. The van der Waals surface area contributed by atoms with Gasteiger partial charge >= 0.3 is 6.09 Å². The molecule has 2 atom stereocenters. The zero-order valence-corrected chi connectivity index (χ0v) is 17.0. The molecule has 0 unspecified atom stereocenters. The molecule has 4 nitrogen and oxygen atoms in total. The number of nitrogens with zero attached hydrogens (tertiary/aromatic N) is 1. The summed E-state index contributed by atoms with van der Waals surface area (Å²) in [7, 11) is 0. The summed E-state index contributed by atoms with van der Waals surface area (Å²) in [4.78, 5) is 14.8. The summed E-state index contributed by atoms with van der Waals surface area (Å²) in [6.45, 7) is 11.8. The normalized spacial score (nSPS) is 27.8. The molecule has 2 aliphatic rings. The molecule has 0 radical (unpaired) electrons. The van der Waals surface area contributed by atoms with Crippen LogP contribution in [-0.2, 0) is 9.47 Å². The van der Waals surface area contributed by atoms with E-state index in [9.17, 15) is 4.79 Å². The van der Waals surface area contributed by atoms with Gasteiger partial charge in [-0.1, -0.05) is 51.2 Å². The van der Waals surface area contributed by atoms with E-state index < -0.39 is 11.3 Å². The summed E-state index contributed by atoms with van der Waals surface area (Å²) in [6, 6.07) is 0.0516. The van der Waals surface area contributed by atoms with E-state index in [0.29, 0.717) is 5.92 Å². The van der Waals surface area contributed by atoms with E-state index in [1.807, 2.05) is 39.5 Å². The number of hydrogen-bond donors (Lipinski definition) is 0. The molecule has 25 heavy (non-hydrogen) atoms. The minimum absolute atomic E-state index is 0.0515. The third kappa shape index (κ3) is 5.47. The molecule has 1 aliphatic carbocycles. The van der Waals surface area contributed by atoms with Crippen LogP contribution >= 0.6 is 0 Å². The van der Waals surface area contributed by atoms with Crippen molar-refractivity contribution in [3.63, 3.8) is 0 Å². The van der Waals surface area contributed by atoms with Crippen LogP contribution in [0.15, 0.2) is 12.2 Å². The summed E-state index contributed by atoms with van der Waals surface area (Å²) in [5, 5.41) is 0. The molecule has 144 valence electrons. The quantitative estimate of drug-likeness (QED) is 0.613. The van der Waals surface area contributed by atoms with Gasteiger partial charge in [-0.2, -0.15) is 0 Å². The maximum Gasteiger partial charge on any atom is 0.412 e. The predicted molar refractivity (Wildman–Crippen MR) is 101 cm³/mol. The minimum atomic E-state index is -0.648.